The minimum absolute atomic E-state index is 0.0336. The first-order chi connectivity index (χ1) is 6.15. The molecule has 13 heavy (non-hydrogen) atoms. The van der Waals surface area contributed by atoms with Gasteiger partial charge in [-0.25, -0.2) is 0 Å². The number of carbonyl (C=O) groups is 1. The van der Waals surface area contributed by atoms with Gasteiger partial charge in [0.05, 0.1) is 0 Å². The van der Waals surface area contributed by atoms with E-state index in [0.29, 0.717) is 5.69 Å². The number of nitrogens with zero attached hydrogens (tertiary/aromatic N) is 3. The third-order valence-electron chi connectivity index (χ3n) is 1.82. The molecule has 0 aromatic heterocycles. The van der Waals surface area contributed by atoms with Crippen molar-refractivity contribution >= 4 is 17.3 Å². The van der Waals surface area contributed by atoms with Gasteiger partial charge in [0.2, 0.25) is 11.3 Å². The van der Waals surface area contributed by atoms with Crippen LogP contribution in [0.5, 0.6) is 0 Å². The van der Waals surface area contributed by atoms with E-state index < -0.39 is 0 Å². The van der Waals surface area contributed by atoms with Gasteiger partial charge in [0.15, 0.2) is 4.98 Å². The lowest BCUT2D eigenvalue weighted by molar-refractivity contribution is -0.116. The summed E-state index contributed by atoms with van der Waals surface area (Å²) in [4.78, 5) is 15.5. The summed E-state index contributed by atoms with van der Waals surface area (Å²) in [6.07, 6.45) is 0. The van der Waals surface area contributed by atoms with Crippen molar-refractivity contribution in [2.24, 2.45) is 0 Å². The number of benzene rings is 1. The fraction of sp³-hybridized carbons (Fsp3) is 0.222. The second-order valence-corrected chi connectivity index (χ2v) is 2.69. The summed E-state index contributed by atoms with van der Waals surface area (Å²) in [5, 5.41) is 8.42. The molecule has 0 saturated carbocycles. The van der Waals surface area contributed by atoms with Crippen LogP contribution in [-0.2, 0) is 4.79 Å². The monoisotopic (exact) mass is 176 g/mol. The molecule has 0 aliphatic carbocycles. The number of hydrogen-bond acceptors (Lipinski definition) is 2. The zero-order chi connectivity index (χ0) is 9.84. The van der Waals surface area contributed by atoms with Gasteiger partial charge in [0.1, 0.15) is 0 Å². The first-order valence-electron chi connectivity index (χ1n) is 3.84. The van der Waals surface area contributed by atoms with E-state index in [1.807, 2.05) is 0 Å². The minimum Gasteiger partial charge on any atom is -0.316 e. The molecule has 0 fully saturated rings. The maximum atomic E-state index is 11.0. The number of anilines is 1. The van der Waals surface area contributed by atoms with Crippen LogP contribution in [0.2, 0.25) is 0 Å². The van der Waals surface area contributed by atoms with Crippen molar-refractivity contribution in [3.63, 3.8) is 0 Å². The Morgan fingerprint density at radius 1 is 1.38 bits per heavy atom. The maximum absolute atomic E-state index is 11.0. The zero-order valence-electron chi connectivity index (χ0n) is 7.56. The van der Waals surface area contributed by atoms with Gasteiger partial charge in [0.25, 0.3) is 0 Å². The lowest BCUT2D eigenvalue weighted by atomic mass is 10.2. The number of amides is 1. The van der Waals surface area contributed by atoms with Crippen LogP contribution in [0.4, 0.5) is 11.4 Å². The highest BCUT2D eigenvalue weighted by Crippen LogP contribution is 2.18. The molecule has 0 saturated heterocycles. The van der Waals surface area contributed by atoms with Gasteiger partial charge < -0.3 is 4.90 Å². The van der Waals surface area contributed by atoms with Crippen molar-refractivity contribution in [1.29, 1.82) is 5.39 Å². The predicted molar refractivity (Wildman–Crippen MR) is 50.3 cm³/mol. The van der Waals surface area contributed by atoms with E-state index in [-0.39, 0.29) is 5.91 Å². The average molecular weight is 176 g/mol. The summed E-state index contributed by atoms with van der Waals surface area (Å²) in [6, 6.07) is 6.70. The Labute approximate surface area is 76.4 Å². The third kappa shape index (κ3) is 2.03. The first-order valence-corrected chi connectivity index (χ1v) is 3.84. The van der Waals surface area contributed by atoms with Crippen LogP contribution in [0.25, 0.3) is 4.98 Å². The third-order valence-corrected chi connectivity index (χ3v) is 1.82. The molecule has 0 atom stereocenters. The number of carbonyl (C=O) groups excluding carboxylic acids is 1. The van der Waals surface area contributed by atoms with E-state index in [9.17, 15) is 4.79 Å². The van der Waals surface area contributed by atoms with Gasteiger partial charge in [-0.3, -0.25) is 4.79 Å². The summed E-state index contributed by atoms with van der Waals surface area (Å²) in [7, 11) is 1.69. The van der Waals surface area contributed by atoms with E-state index in [0.717, 1.165) is 5.69 Å². The quantitative estimate of drug-likeness (QED) is 0.615. The molecule has 66 valence electrons. The number of hydrogen-bond donors (Lipinski definition) is 0. The molecule has 4 nitrogen and oxygen atoms in total. The van der Waals surface area contributed by atoms with Crippen molar-refractivity contribution in [3.05, 3.63) is 29.2 Å². The van der Waals surface area contributed by atoms with Crippen molar-refractivity contribution < 1.29 is 4.79 Å². The van der Waals surface area contributed by atoms with Crippen LogP contribution >= 0.6 is 0 Å². The molecule has 0 heterocycles. The van der Waals surface area contributed by atoms with Crippen LogP contribution in [0, 0.1) is 5.39 Å². The molecule has 0 aliphatic rings. The molecule has 0 aliphatic heterocycles. The Hall–Kier alpha value is -1.89. The predicted octanol–water partition coefficient (Wildman–Crippen LogP) is 2.15. The van der Waals surface area contributed by atoms with Gasteiger partial charge in [-0.05, 0) is 12.1 Å². The molecular weight excluding hydrogens is 166 g/mol. The van der Waals surface area contributed by atoms with Crippen LogP contribution in [0.15, 0.2) is 24.3 Å². The van der Waals surface area contributed by atoms with Gasteiger partial charge in [-0.15, -0.1) is 0 Å². The van der Waals surface area contributed by atoms with Crippen molar-refractivity contribution in [1.82, 2.24) is 0 Å². The molecule has 1 aromatic rings. The van der Waals surface area contributed by atoms with Crippen molar-refractivity contribution in [3.8, 4) is 0 Å². The Balaban J connectivity index is 2.93. The van der Waals surface area contributed by atoms with Gasteiger partial charge in [-0.1, -0.05) is 0 Å². The van der Waals surface area contributed by atoms with Gasteiger partial charge >= 0.3 is 5.69 Å². The van der Waals surface area contributed by atoms with Crippen molar-refractivity contribution in [2.75, 3.05) is 11.9 Å². The summed E-state index contributed by atoms with van der Waals surface area (Å²) >= 11 is 0. The Bertz CT molecular complexity index is 350. The second-order valence-electron chi connectivity index (χ2n) is 2.69. The SMILES string of the molecule is CC(=O)N(C)c1ccc([N+]#N)cc1. The highest BCUT2D eigenvalue weighted by molar-refractivity contribution is 5.90. The molecule has 0 N–H and O–H groups in total. The summed E-state index contributed by atoms with van der Waals surface area (Å²) in [6.45, 7) is 1.49. The molecule has 1 rings (SSSR count). The molecule has 0 spiro atoms. The van der Waals surface area contributed by atoms with Crippen LogP contribution in [0.3, 0.4) is 0 Å². The zero-order valence-corrected chi connectivity index (χ0v) is 7.56. The molecule has 0 bridgehead atoms. The lowest BCUT2D eigenvalue weighted by Gasteiger charge is -2.13. The topological polar surface area (TPSA) is 48.5 Å². The van der Waals surface area contributed by atoms with Crippen molar-refractivity contribution in [2.45, 2.75) is 6.92 Å². The Morgan fingerprint density at radius 2 is 1.92 bits per heavy atom. The lowest BCUT2D eigenvalue weighted by Crippen LogP contribution is -2.22. The summed E-state index contributed by atoms with van der Waals surface area (Å²) in [5.74, 6) is -0.0336. The van der Waals surface area contributed by atoms with E-state index in [2.05, 4.69) is 4.98 Å². The van der Waals surface area contributed by atoms with Gasteiger partial charge in [0, 0.05) is 31.8 Å². The second kappa shape index (κ2) is 3.68. The summed E-state index contributed by atoms with van der Waals surface area (Å²) in [5.41, 5.74) is 1.25. The number of rotatable bonds is 1. The molecule has 0 radical (unpaired) electrons. The highest BCUT2D eigenvalue weighted by atomic mass is 16.2. The van der Waals surface area contributed by atoms with E-state index in [4.69, 9.17) is 5.39 Å². The van der Waals surface area contributed by atoms with Crippen LogP contribution in [0.1, 0.15) is 6.92 Å². The summed E-state index contributed by atoms with van der Waals surface area (Å²) < 4.78 is 0. The van der Waals surface area contributed by atoms with E-state index >= 15 is 0 Å². The standard InChI is InChI=1S/C9H10N3O/c1-7(13)12(2)9-5-3-8(11-10)4-6-9/h3-6H,1-2H3/q+1. The van der Waals surface area contributed by atoms with Crippen LogP contribution < -0.4 is 4.90 Å². The van der Waals surface area contributed by atoms with E-state index in [1.165, 1.54) is 11.8 Å². The smallest absolute Gasteiger partial charge is 0.316 e. The minimum atomic E-state index is -0.0336. The highest BCUT2D eigenvalue weighted by Gasteiger charge is 2.07. The first kappa shape index (κ1) is 9.20. The number of diazo groups is 1. The Morgan fingerprint density at radius 3 is 2.31 bits per heavy atom. The fourth-order valence-electron chi connectivity index (χ4n) is 0.925. The van der Waals surface area contributed by atoms with E-state index in [1.54, 1.807) is 31.3 Å². The largest absolute Gasteiger partial charge is 0.385 e. The fourth-order valence-corrected chi connectivity index (χ4v) is 0.925. The molecule has 1 amide bonds. The Kier molecular flexibility index (Phi) is 2.60. The van der Waals surface area contributed by atoms with Crippen LogP contribution in [-0.4, -0.2) is 13.0 Å². The molecule has 1 aromatic carbocycles. The van der Waals surface area contributed by atoms with Gasteiger partial charge in [-0.2, -0.15) is 0 Å². The molecule has 0 unspecified atom stereocenters. The molecule has 4 heteroatoms. The molecular formula is C9H10N3O+. The average Bonchev–Trinajstić information content (AvgIpc) is 2.17. The maximum Gasteiger partial charge on any atom is 0.385 e. The normalized spacial score (nSPS) is 9.00.